The van der Waals surface area contributed by atoms with E-state index in [9.17, 15) is 9.90 Å². The third-order valence-electron chi connectivity index (χ3n) is 2.61. The molecule has 5 heteroatoms. The number of ether oxygens (including phenoxy) is 1. The molecule has 1 heterocycles. The highest BCUT2D eigenvalue weighted by molar-refractivity contribution is 5.81. The van der Waals surface area contributed by atoms with E-state index in [0.717, 1.165) is 6.42 Å². The molecule has 0 aromatic rings. The molecule has 0 bridgehead atoms. The smallest absolute Gasteiger partial charge is 0.237 e. The lowest BCUT2D eigenvalue weighted by atomic mass is 10.0. The molecule has 1 unspecified atom stereocenters. The molecule has 0 aliphatic carbocycles. The van der Waals surface area contributed by atoms with Crippen molar-refractivity contribution < 1.29 is 14.6 Å². The molecule has 15 heavy (non-hydrogen) atoms. The number of rotatable bonds is 5. The third kappa shape index (κ3) is 3.77. The first kappa shape index (κ1) is 12.4. The summed E-state index contributed by atoms with van der Waals surface area (Å²) in [6.45, 7) is 3.04. The van der Waals surface area contributed by atoms with Crippen LogP contribution < -0.4 is 11.1 Å². The second kappa shape index (κ2) is 5.44. The van der Waals surface area contributed by atoms with Crippen molar-refractivity contribution in [3.63, 3.8) is 0 Å². The topological polar surface area (TPSA) is 84.6 Å². The molecule has 4 N–H and O–H groups in total. The maximum absolute atomic E-state index is 11.4. The molecular weight excluding hydrogens is 196 g/mol. The zero-order valence-corrected chi connectivity index (χ0v) is 9.16. The summed E-state index contributed by atoms with van der Waals surface area (Å²) < 4.78 is 5.07. The van der Waals surface area contributed by atoms with Crippen molar-refractivity contribution >= 4 is 5.91 Å². The Labute approximate surface area is 90.0 Å². The first-order valence-electron chi connectivity index (χ1n) is 5.41. The van der Waals surface area contributed by atoms with E-state index in [0.29, 0.717) is 19.4 Å². The summed E-state index contributed by atoms with van der Waals surface area (Å²) in [4.78, 5) is 11.4. The highest BCUT2D eigenvalue weighted by atomic mass is 16.5. The summed E-state index contributed by atoms with van der Waals surface area (Å²) in [5.74, 6) is -0.197. The Hall–Kier alpha value is -0.650. The van der Waals surface area contributed by atoms with Crippen LogP contribution in [0.25, 0.3) is 0 Å². The Morgan fingerprint density at radius 3 is 3.00 bits per heavy atom. The van der Waals surface area contributed by atoms with Gasteiger partial charge in [0.25, 0.3) is 0 Å². The number of nitrogens with one attached hydrogen (secondary N) is 1. The fourth-order valence-corrected chi connectivity index (χ4v) is 1.56. The Balaban J connectivity index is 2.26. The van der Waals surface area contributed by atoms with Crippen molar-refractivity contribution in [2.75, 3.05) is 19.8 Å². The normalized spacial score (nSPS) is 27.7. The monoisotopic (exact) mass is 216 g/mol. The van der Waals surface area contributed by atoms with Gasteiger partial charge in [0.1, 0.15) is 5.60 Å². The molecule has 1 aliphatic rings. The Kier molecular flexibility index (Phi) is 4.50. The minimum atomic E-state index is -0.901. The molecular formula is C10H20N2O3. The van der Waals surface area contributed by atoms with Crippen molar-refractivity contribution in [3.8, 4) is 0 Å². The quantitative estimate of drug-likeness (QED) is 0.572. The summed E-state index contributed by atoms with van der Waals surface area (Å²) in [5.41, 5.74) is 4.73. The van der Waals surface area contributed by atoms with Crippen molar-refractivity contribution in [1.82, 2.24) is 5.32 Å². The molecule has 0 aromatic carbocycles. The van der Waals surface area contributed by atoms with Crippen LogP contribution in [0.4, 0.5) is 0 Å². The largest absolute Gasteiger partial charge is 0.386 e. The van der Waals surface area contributed by atoms with Gasteiger partial charge in [0.05, 0.1) is 12.6 Å². The van der Waals surface area contributed by atoms with Crippen molar-refractivity contribution in [2.24, 2.45) is 5.73 Å². The molecule has 0 spiro atoms. The highest BCUT2D eigenvalue weighted by Gasteiger charge is 2.32. The predicted octanol–water partition coefficient (Wildman–Crippen LogP) is -0.619. The van der Waals surface area contributed by atoms with Crippen LogP contribution in [0.2, 0.25) is 0 Å². The number of aliphatic hydroxyl groups is 1. The predicted molar refractivity (Wildman–Crippen MR) is 56.3 cm³/mol. The van der Waals surface area contributed by atoms with Crippen LogP contribution in [0.1, 0.15) is 26.2 Å². The fourth-order valence-electron chi connectivity index (χ4n) is 1.56. The molecule has 2 atom stereocenters. The first-order chi connectivity index (χ1) is 7.07. The molecule has 0 aromatic heterocycles. The lowest BCUT2D eigenvalue weighted by Crippen LogP contribution is -2.48. The van der Waals surface area contributed by atoms with E-state index in [1.807, 2.05) is 6.92 Å². The zero-order chi connectivity index (χ0) is 11.3. The van der Waals surface area contributed by atoms with Crippen LogP contribution in [0.5, 0.6) is 0 Å². The van der Waals surface area contributed by atoms with Gasteiger partial charge in [-0.25, -0.2) is 0 Å². The average molecular weight is 216 g/mol. The lowest BCUT2D eigenvalue weighted by molar-refractivity contribution is -0.123. The van der Waals surface area contributed by atoms with Crippen LogP contribution in [0.3, 0.4) is 0 Å². The number of nitrogens with two attached hydrogens (primary N) is 1. The van der Waals surface area contributed by atoms with E-state index in [1.54, 1.807) is 0 Å². The summed E-state index contributed by atoms with van der Waals surface area (Å²) in [6.07, 6.45) is 2.11. The van der Waals surface area contributed by atoms with Crippen LogP contribution >= 0.6 is 0 Å². The van der Waals surface area contributed by atoms with Gasteiger partial charge in [-0.3, -0.25) is 4.79 Å². The standard InChI is InChI=1S/C10H20N2O3/c1-2-3-8(11)9(13)12-6-10(14)4-5-15-7-10/h8,14H,2-7,11H2,1H3,(H,12,13)/t8-,10?/m1/s1. The first-order valence-corrected chi connectivity index (χ1v) is 5.41. The van der Waals surface area contributed by atoms with Gasteiger partial charge in [0.15, 0.2) is 0 Å². The average Bonchev–Trinajstić information content (AvgIpc) is 2.63. The van der Waals surface area contributed by atoms with E-state index in [4.69, 9.17) is 10.5 Å². The molecule has 0 saturated carbocycles. The number of hydrogen-bond donors (Lipinski definition) is 3. The second-order valence-electron chi connectivity index (χ2n) is 4.14. The van der Waals surface area contributed by atoms with Crippen LogP contribution in [-0.4, -0.2) is 42.4 Å². The molecule has 1 amide bonds. The number of carbonyl (C=O) groups is 1. The summed E-state index contributed by atoms with van der Waals surface area (Å²) in [5, 5.41) is 12.5. The molecule has 1 fully saturated rings. The van der Waals surface area contributed by atoms with E-state index in [-0.39, 0.29) is 19.1 Å². The Bertz CT molecular complexity index is 215. The van der Waals surface area contributed by atoms with E-state index < -0.39 is 11.6 Å². The molecule has 88 valence electrons. The number of carbonyl (C=O) groups excluding carboxylic acids is 1. The second-order valence-corrected chi connectivity index (χ2v) is 4.14. The minimum absolute atomic E-state index is 0.197. The van der Waals surface area contributed by atoms with E-state index >= 15 is 0 Å². The Morgan fingerprint density at radius 2 is 2.47 bits per heavy atom. The molecule has 0 radical (unpaired) electrons. The van der Waals surface area contributed by atoms with Crippen molar-refractivity contribution in [3.05, 3.63) is 0 Å². The fraction of sp³-hybridized carbons (Fsp3) is 0.900. The number of hydrogen-bond acceptors (Lipinski definition) is 4. The SMILES string of the molecule is CCC[C@@H](N)C(=O)NCC1(O)CCOC1. The number of amides is 1. The van der Waals surface area contributed by atoms with Gasteiger partial charge < -0.3 is 20.9 Å². The molecule has 1 saturated heterocycles. The van der Waals surface area contributed by atoms with Crippen molar-refractivity contribution in [1.29, 1.82) is 0 Å². The van der Waals surface area contributed by atoms with Gasteiger partial charge in [0, 0.05) is 19.6 Å². The van der Waals surface area contributed by atoms with Crippen LogP contribution in [-0.2, 0) is 9.53 Å². The third-order valence-corrected chi connectivity index (χ3v) is 2.61. The van der Waals surface area contributed by atoms with Gasteiger partial charge in [-0.05, 0) is 6.42 Å². The van der Waals surface area contributed by atoms with E-state index in [1.165, 1.54) is 0 Å². The van der Waals surface area contributed by atoms with Crippen LogP contribution in [0, 0.1) is 0 Å². The van der Waals surface area contributed by atoms with Crippen LogP contribution in [0.15, 0.2) is 0 Å². The molecule has 1 aliphatic heterocycles. The molecule has 5 nitrogen and oxygen atoms in total. The minimum Gasteiger partial charge on any atom is -0.386 e. The van der Waals surface area contributed by atoms with Gasteiger partial charge in [-0.2, -0.15) is 0 Å². The van der Waals surface area contributed by atoms with Gasteiger partial charge in [-0.1, -0.05) is 13.3 Å². The molecule has 1 rings (SSSR count). The van der Waals surface area contributed by atoms with Gasteiger partial charge in [-0.15, -0.1) is 0 Å². The van der Waals surface area contributed by atoms with Gasteiger partial charge in [0.2, 0.25) is 5.91 Å². The van der Waals surface area contributed by atoms with Gasteiger partial charge >= 0.3 is 0 Å². The van der Waals surface area contributed by atoms with Crippen molar-refractivity contribution in [2.45, 2.75) is 37.8 Å². The lowest BCUT2D eigenvalue weighted by Gasteiger charge is -2.21. The summed E-state index contributed by atoms with van der Waals surface area (Å²) in [7, 11) is 0. The zero-order valence-electron chi connectivity index (χ0n) is 9.16. The van der Waals surface area contributed by atoms with E-state index in [2.05, 4.69) is 5.32 Å². The highest BCUT2D eigenvalue weighted by Crippen LogP contribution is 2.16. The Morgan fingerprint density at radius 1 is 1.73 bits per heavy atom. The summed E-state index contributed by atoms with van der Waals surface area (Å²) in [6, 6.07) is -0.471. The maximum Gasteiger partial charge on any atom is 0.237 e. The summed E-state index contributed by atoms with van der Waals surface area (Å²) >= 11 is 0. The maximum atomic E-state index is 11.4.